The minimum absolute atomic E-state index is 0.161. The first kappa shape index (κ1) is 15.7. The van der Waals surface area contributed by atoms with Gasteiger partial charge in [0.15, 0.2) is 0 Å². The highest BCUT2D eigenvalue weighted by Gasteiger charge is 2.15. The van der Waals surface area contributed by atoms with E-state index in [4.69, 9.17) is 10.9 Å². The first-order valence-electron chi connectivity index (χ1n) is 6.75. The van der Waals surface area contributed by atoms with E-state index in [2.05, 4.69) is 27.6 Å². The van der Waals surface area contributed by atoms with Gasteiger partial charge in [0.05, 0.1) is 0 Å². The lowest BCUT2D eigenvalue weighted by atomic mass is 10.1. The van der Waals surface area contributed by atoms with E-state index in [-0.39, 0.29) is 18.6 Å². The minimum atomic E-state index is 0.161. The molecule has 0 saturated carbocycles. The normalized spacial score (nSPS) is 12.6. The fourth-order valence-corrected chi connectivity index (χ4v) is 1.80. The van der Waals surface area contributed by atoms with Gasteiger partial charge in [-0.2, -0.15) is 0 Å². The molecule has 0 aromatic carbocycles. The molecule has 1 heterocycles. The molecule has 5 N–H and O–H groups in total. The standard InChI is InChI=1S/C13H25N5O/c1-5-10(6-7-19)15-12-9(4)13(18-14)17-11(16-12)8(2)3/h8,10,19H,5-7,14H2,1-4H3,(H2,15,16,17,18). The van der Waals surface area contributed by atoms with E-state index in [9.17, 15) is 0 Å². The van der Waals surface area contributed by atoms with Gasteiger partial charge in [0.2, 0.25) is 0 Å². The van der Waals surface area contributed by atoms with E-state index < -0.39 is 0 Å². The molecule has 0 amide bonds. The zero-order chi connectivity index (χ0) is 14.4. The van der Waals surface area contributed by atoms with Crippen molar-refractivity contribution in [3.63, 3.8) is 0 Å². The van der Waals surface area contributed by atoms with Crippen LogP contribution in [-0.4, -0.2) is 27.7 Å². The number of anilines is 2. The van der Waals surface area contributed by atoms with Gasteiger partial charge in [-0.15, -0.1) is 0 Å². The van der Waals surface area contributed by atoms with Crippen LogP contribution in [-0.2, 0) is 0 Å². The first-order chi connectivity index (χ1) is 9.03. The SMILES string of the molecule is CCC(CCO)Nc1nc(C(C)C)nc(NN)c1C. The Kier molecular flexibility index (Phi) is 5.98. The summed E-state index contributed by atoms with van der Waals surface area (Å²) < 4.78 is 0. The van der Waals surface area contributed by atoms with Crippen LogP contribution in [0.4, 0.5) is 11.6 Å². The molecule has 6 heteroatoms. The highest BCUT2D eigenvalue weighted by molar-refractivity contribution is 5.57. The van der Waals surface area contributed by atoms with E-state index in [1.807, 2.05) is 20.8 Å². The van der Waals surface area contributed by atoms with E-state index >= 15 is 0 Å². The summed E-state index contributed by atoms with van der Waals surface area (Å²) in [7, 11) is 0. The molecule has 1 rings (SSSR count). The van der Waals surface area contributed by atoms with Gasteiger partial charge in [-0.3, -0.25) is 0 Å². The van der Waals surface area contributed by atoms with Gasteiger partial charge in [0, 0.05) is 24.1 Å². The zero-order valence-corrected chi connectivity index (χ0v) is 12.2. The molecule has 108 valence electrons. The summed E-state index contributed by atoms with van der Waals surface area (Å²) in [5, 5.41) is 12.4. The second kappa shape index (κ2) is 7.25. The minimum Gasteiger partial charge on any atom is -0.396 e. The fraction of sp³-hybridized carbons (Fsp3) is 0.692. The number of hydrogen-bond acceptors (Lipinski definition) is 6. The Morgan fingerprint density at radius 3 is 2.37 bits per heavy atom. The number of rotatable bonds is 7. The molecule has 0 radical (unpaired) electrons. The third-order valence-electron chi connectivity index (χ3n) is 3.13. The fourth-order valence-electron chi connectivity index (χ4n) is 1.80. The molecule has 1 aromatic rings. The van der Waals surface area contributed by atoms with Crippen molar-refractivity contribution < 1.29 is 5.11 Å². The summed E-state index contributed by atoms with van der Waals surface area (Å²) in [5.74, 6) is 7.90. The van der Waals surface area contributed by atoms with Gasteiger partial charge >= 0.3 is 0 Å². The molecule has 0 fully saturated rings. The summed E-state index contributed by atoms with van der Waals surface area (Å²) in [6, 6.07) is 0.198. The number of nitrogens with zero attached hydrogens (tertiary/aromatic N) is 2. The van der Waals surface area contributed by atoms with Crippen LogP contribution in [0.3, 0.4) is 0 Å². The molecule has 0 aliphatic carbocycles. The Labute approximate surface area is 114 Å². The summed E-state index contributed by atoms with van der Waals surface area (Å²) in [6.45, 7) is 8.25. The van der Waals surface area contributed by atoms with Crippen LogP contribution in [0.15, 0.2) is 0 Å². The first-order valence-corrected chi connectivity index (χ1v) is 6.75. The lowest BCUT2D eigenvalue weighted by molar-refractivity contribution is 0.278. The van der Waals surface area contributed by atoms with E-state index in [0.717, 1.165) is 23.6 Å². The van der Waals surface area contributed by atoms with Crippen molar-refractivity contribution in [2.45, 2.75) is 52.5 Å². The third kappa shape index (κ3) is 4.04. The Balaban J connectivity index is 3.07. The summed E-state index contributed by atoms with van der Waals surface area (Å²) in [4.78, 5) is 8.94. The van der Waals surface area contributed by atoms with Gasteiger partial charge in [0.1, 0.15) is 17.5 Å². The van der Waals surface area contributed by atoms with Gasteiger partial charge in [0.25, 0.3) is 0 Å². The second-order valence-corrected chi connectivity index (χ2v) is 4.96. The molecule has 0 aliphatic heterocycles. The van der Waals surface area contributed by atoms with Crippen LogP contribution in [0, 0.1) is 6.92 Å². The number of aromatic nitrogens is 2. The number of hydrazine groups is 1. The number of aliphatic hydroxyl groups is 1. The van der Waals surface area contributed by atoms with Crippen molar-refractivity contribution in [1.29, 1.82) is 0 Å². The number of nitrogens with one attached hydrogen (secondary N) is 2. The monoisotopic (exact) mass is 267 g/mol. The number of hydrogen-bond donors (Lipinski definition) is 4. The zero-order valence-electron chi connectivity index (χ0n) is 12.2. The van der Waals surface area contributed by atoms with Crippen LogP contribution in [0.2, 0.25) is 0 Å². The number of aliphatic hydroxyl groups excluding tert-OH is 1. The Hall–Kier alpha value is -1.40. The predicted octanol–water partition coefficient (Wildman–Crippen LogP) is 1.77. The highest BCUT2D eigenvalue weighted by Crippen LogP contribution is 2.23. The smallest absolute Gasteiger partial charge is 0.148 e. The van der Waals surface area contributed by atoms with Crippen molar-refractivity contribution in [3.8, 4) is 0 Å². The molecule has 0 aliphatic rings. The third-order valence-corrected chi connectivity index (χ3v) is 3.13. The Morgan fingerprint density at radius 1 is 1.26 bits per heavy atom. The average molecular weight is 267 g/mol. The van der Waals surface area contributed by atoms with Crippen molar-refractivity contribution in [3.05, 3.63) is 11.4 Å². The van der Waals surface area contributed by atoms with Gasteiger partial charge in [-0.1, -0.05) is 20.8 Å². The largest absolute Gasteiger partial charge is 0.396 e. The molecule has 1 atom stereocenters. The van der Waals surface area contributed by atoms with Crippen molar-refractivity contribution in [1.82, 2.24) is 9.97 Å². The summed E-state index contributed by atoms with van der Waals surface area (Å²) >= 11 is 0. The molecule has 19 heavy (non-hydrogen) atoms. The van der Waals surface area contributed by atoms with Gasteiger partial charge in [-0.05, 0) is 19.8 Å². The lowest BCUT2D eigenvalue weighted by Crippen LogP contribution is -2.23. The van der Waals surface area contributed by atoms with Gasteiger partial charge < -0.3 is 15.8 Å². The summed E-state index contributed by atoms with van der Waals surface area (Å²) in [5.41, 5.74) is 3.51. The summed E-state index contributed by atoms with van der Waals surface area (Å²) in [6.07, 6.45) is 1.62. The van der Waals surface area contributed by atoms with Crippen molar-refractivity contribution in [2.75, 3.05) is 17.3 Å². The Morgan fingerprint density at radius 2 is 1.89 bits per heavy atom. The second-order valence-electron chi connectivity index (χ2n) is 4.96. The van der Waals surface area contributed by atoms with E-state index in [0.29, 0.717) is 12.2 Å². The number of nitrogens with two attached hydrogens (primary N) is 1. The molecule has 0 bridgehead atoms. The topological polar surface area (TPSA) is 96.1 Å². The van der Waals surface area contributed by atoms with Crippen LogP contribution in [0.5, 0.6) is 0 Å². The van der Waals surface area contributed by atoms with Crippen LogP contribution in [0.25, 0.3) is 0 Å². The van der Waals surface area contributed by atoms with Crippen LogP contribution in [0.1, 0.15) is 50.9 Å². The van der Waals surface area contributed by atoms with E-state index in [1.54, 1.807) is 0 Å². The average Bonchev–Trinajstić information content (AvgIpc) is 2.39. The Bertz CT molecular complexity index is 408. The molecule has 1 aromatic heterocycles. The van der Waals surface area contributed by atoms with Crippen molar-refractivity contribution >= 4 is 11.6 Å². The number of nitrogen functional groups attached to an aromatic ring is 1. The lowest BCUT2D eigenvalue weighted by Gasteiger charge is -2.20. The van der Waals surface area contributed by atoms with Crippen LogP contribution < -0.4 is 16.6 Å². The molecular formula is C13H25N5O. The maximum absolute atomic E-state index is 9.05. The maximum Gasteiger partial charge on any atom is 0.148 e. The molecule has 0 saturated heterocycles. The van der Waals surface area contributed by atoms with Gasteiger partial charge in [-0.25, -0.2) is 15.8 Å². The maximum atomic E-state index is 9.05. The van der Waals surface area contributed by atoms with Crippen molar-refractivity contribution in [2.24, 2.45) is 5.84 Å². The predicted molar refractivity (Wildman–Crippen MR) is 78.1 cm³/mol. The molecule has 0 spiro atoms. The molecular weight excluding hydrogens is 242 g/mol. The van der Waals surface area contributed by atoms with E-state index in [1.165, 1.54) is 0 Å². The van der Waals surface area contributed by atoms with Crippen LogP contribution >= 0.6 is 0 Å². The molecule has 6 nitrogen and oxygen atoms in total. The molecule has 1 unspecified atom stereocenters. The quantitative estimate of drug-likeness (QED) is 0.444. The highest BCUT2D eigenvalue weighted by atomic mass is 16.3.